The van der Waals surface area contributed by atoms with Gasteiger partial charge in [-0.05, 0) is 36.8 Å². The van der Waals surface area contributed by atoms with Crippen molar-refractivity contribution in [3.63, 3.8) is 0 Å². The van der Waals surface area contributed by atoms with Gasteiger partial charge in [-0.1, -0.05) is 32.0 Å². The first-order valence-electron chi connectivity index (χ1n) is 7.39. The van der Waals surface area contributed by atoms with Gasteiger partial charge in [0.05, 0.1) is 19.4 Å². The lowest BCUT2D eigenvalue weighted by molar-refractivity contribution is 0.219. The third kappa shape index (κ3) is 3.75. The molecule has 0 saturated heterocycles. The molecule has 0 N–H and O–H groups in total. The van der Waals surface area contributed by atoms with Crippen LogP contribution < -0.4 is 0 Å². The van der Waals surface area contributed by atoms with E-state index < -0.39 is 7.60 Å². The lowest BCUT2D eigenvalue weighted by atomic mass is 10.00. The molecule has 1 aromatic heterocycles. The van der Waals surface area contributed by atoms with E-state index in [0.717, 1.165) is 4.88 Å². The Kier molecular flexibility index (Phi) is 5.61. The smallest absolute Gasteiger partial charge is 0.309 e. The summed E-state index contributed by atoms with van der Waals surface area (Å²) in [7, 11) is -3.05. The highest BCUT2D eigenvalue weighted by molar-refractivity contribution is 7.53. The molecule has 0 atom stereocenters. The van der Waals surface area contributed by atoms with Crippen LogP contribution in [0.4, 0.5) is 0 Å². The van der Waals surface area contributed by atoms with E-state index in [-0.39, 0.29) is 0 Å². The first-order valence-corrected chi connectivity index (χ1v) is 9.93. The van der Waals surface area contributed by atoms with Crippen LogP contribution in [0.15, 0.2) is 24.3 Å². The minimum absolute atomic E-state index is 0.363. The molecule has 0 fully saturated rings. The molecule has 0 amide bonds. The van der Waals surface area contributed by atoms with E-state index in [0.29, 0.717) is 25.3 Å². The quantitative estimate of drug-likeness (QED) is 0.604. The Balaban J connectivity index is 2.45. The summed E-state index contributed by atoms with van der Waals surface area (Å²) in [5.74, 6) is 0.382. The van der Waals surface area contributed by atoms with Gasteiger partial charge in [-0.15, -0.1) is 11.3 Å². The van der Waals surface area contributed by atoms with Crippen LogP contribution in [0.2, 0.25) is 0 Å². The molecule has 1 heterocycles. The van der Waals surface area contributed by atoms with Gasteiger partial charge in [0.25, 0.3) is 0 Å². The Morgan fingerprint density at radius 1 is 1.14 bits per heavy atom. The lowest BCUT2D eigenvalue weighted by Gasteiger charge is -2.17. The Morgan fingerprint density at radius 2 is 1.76 bits per heavy atom. The van der Waals surface area contributed by atoms with Crippen LogP contribution in [-0.2, 0) is 19.8 Å². The van der Waals surface area contributed by atoms with E-state index in [1.807, 2.05) is 19.9 Å². The van der Waals surface area contributed by atoms with Crippen molar-refractivity contribution in [3.05, 3.63) is 34.7 Å². The molecule has 0 aliphatic carbocycles. The predicted octanol–water partition coefficient (Wildman–Crippen LogP) is 5.79. The van der Waals surface area contributed by atoms with Gasteiger partial charge in [0.15, 0.2) is 0 Å². The monoisotopic (exact) mass is 326 g/mol. The van der Waals surface area contributed by atoms with Crippen LogP contribution >= 0.6 is 18.9 Å². The fourth-order valence-corrected chi connectivity index (χ4v) is 6.02. The topological polar surface area (TPSA) is 35.5 Å². The number of benzene rings is 1. The average molecular weight is 326 g/mol. The van der Waals surface area contributed by atoms with Crippen molar-refractivity contribution < 1.29 is 13.6 Å². The van der Waals surface area contributed by atoms with Gasteiger partial charge >= 0.3 is 7.60 Å². The molecular formula is C16H23O3PS. The molecule has 0 unspecified atom stereocenters. The Hall–Kier alpha value is -0.670. The number of rotatable bonds is 7. The van der Waals surface area contributed by atoms with Crippen LogP contribution in [0.1, 0.15) is 44.1 Å². The van der Waals surface area contributed by atoms with E-state index in [9.17, 15) is 4.57 Å². The van der Waals surface area contributed by atoms with Crippen LogP contribution in [0.3, 0.4) is 0 Å². The summed E-state index contributed by atoms with van der Waals surface area (Å²) >= 11 is 1.70. The number of hydrogen-bond donors (Lipinski definition) is 0. The van der Waals surface area contributed by atoms with Crippen LogP contribution in [-0.4, -0.2) is 13.2 Å². The first kappa shape index (κ1) is 16.7. The zero-order valence-corrected chi connectivity index (χ0v) is 14.8. The molecule has 21 heavy (non-hydrogen) atoms. The zero-order valence-electron chi connectivity index (χ0n) is 13.1. The highest BCUT2D eigenvalue weighted by Gasteiger charge is 2.28. The summed E-state index contributed by atoms with van der Waals surface area (Å²) in [5.41, 5.74) is 1.27. The molecule has 0 bridgehead atoms. The van der Waals surface area contributed by atoms with E-state index in [2.05, 4.69) is 32.0 Å². The Morgan fingerprint density at radius 3 is 2.33 bits per heavy atom. The molecule has 1 aromatic carbocycles. The molecule has 2 aromatic rings. The van der Waals surface area contributed by atoms with E-state index >= 15 is 0 Å². The molecule has 116 valence electrons. The van der Waals surface area contributed by atoms with Crippen molar-refractivity contribution in [2.75, 3.05) is 13.2 Å². The van der Waals surface area contributed by atoms with Gasteiger partial charge in [0, 0.05) is 9.58 Å². The van der Waals surface area contributed by atoms with Crippen LogP contribution in [0, 0.1) is 0 Å². The average Bonchev–Trinajstić information content (AvgIpc) is 2.76. The highest BCUT2D eigenvalue weighted by atomic mass is 32.1. The van der Waals surface area contributed by atoms with Gasteiger partial charge in [-0.3, -0.25) is 4.57 Å². The van der Waals surface area contributed by atoms with Gasteiger partial charge < -0.3 is 9.05 Å². The third-order valence-corrected chi connectivity index (χ3v) is 6.68. The molecule has 3 nitrogen and oxygen atoms in total. The fraction of sp³-hybridized carbons (Fsp3) is 0.500. The standard InChI is InChI=1S/C16H23O3PS/c1-5-18-20(17,19-6-2)11-15-16(12(3)4)13-9-7-8-10-14(13)21-15/h7-10,12H,5-6,11H2,1-4H3. The maximum absolute atomic E-state index is 12.8. The van der Waals surface area contributed by atoms with E-state index in [1.165, 1.54) is 15.6 Å². The third-order valence-electron chi connectivity index (χ3n) is 3.28. The fourth-order valence-electron chi connectivity index (χ4n) is 2.56. The van der Waals surface area contributed by atoms with Crippen molar-refractivity contribution in [2.24, 2.45) is 0 Å². The van der Waals surface area contributed by atoms with Crippen molar-refractivity contribution in [2.45, 2.75) is 39.8 Å². The summed E-state index contributed by atoms with van der Waals surface area (Å²) in [6, 6.07) is 8.34. The van der Waals surface area contributed by atoms with Gasteiger partial charge in [-0.2, -0.15) is 0 Å². The predicted molar refractivity (Wildman–Crippen MR) is 90.5 cm³/mol. The van der Waals surface area contributed by atoms with E-state index in [1.54, 1.807) is 11.3 Å². The Bertz CT molecular complexity index is 638. The maximum Gasteiger partial charge on any atom is 0.335 e. The molecule has 5 heteroatoms. The number of hydrogen-bond acceptors (Lipinski definition) is 4. The molecule has 0 saturated carbocycles. The molecule has 0 radical (unpaired) electrons. The lowest BCUT2D eigenvalue weighted by Crippen LogP contribution is -2.00. The minimum atomic E-state index is -3.05. The summed E-state index contributed by atoms with van der Waals surface area (Å²) in [6.45, 7) is 8.84. The molecule has 0 aliphatic heterocycles. The second kappa shape index (κ2) is 7.06. The van der Waals surface area contributed by atoms with Crippen molar-refractivity contribution in [1.82, 2.24) is 0 Å². The van der Waals surface area contributed by atoms with Crippen LogP contribution in [0.5, 0.6) is 0 Å². The normalized spacial score (nSPS) is 12.4. The SMILES string of the molecule is CCOP(=O)(Cc1sc2ccccc2c1C(C)C)OCC. The van der Waals surface area contributed by atoms with Crippen molar-refractivity contribution in [3.8, 4) is 0 Å². The summed E-state index contributed by atoms with van der Waals surface area (Å²) in [6.07, 6.45) is 0.363. The summed E-state index contributed by atoms with van der Waals surface area (Å²) in [5, 5.41) is 1.26. The molecule has 0 spiro atoms. The molecule has 2 rings (SSSR count). The van der Waals surface area contributed by atoms with Crippen molar-refractivity contribution in [1.29, 1.82) is 0 Å². The zero-order chi connectivity index (χ0) is 15.5. The summed E-state index contributed by atoms with van der Waals surface area (Å²) < 4.78 is 24.9. The van der Waals surface area contributed by atoms with Gasteiger partial charge in [-0.25, -0.2) is 0 Å². The highest BCUT2D eigenvalue weighted by Crippen LogP contribution is 2.54. The van der Waals surface area contributed by atoms with Crippen molar-refractivity contribution >= 4 is 29.0 Å². The second-order valence-electron chi connectivity index (χ2n) is 5.19. The first-order chi connectivity index (χ1) is 10.0. The number of fused-ring (bicyclic) bond motifs is 1. The van der Waals surface area contributed by atoms with E-state index in [4.69, 9.17) is 9.05 Å². The second-order valence-corrected chi connectivity index (χ2v) is 8.39. The number of thiophene rings is 1. The van der Waals surface area contributed by atoms with Gasteiger partial charge in [0.1, 0.15) is 0 Å². The molecular weight excluding hydrogens is 303 g/mol. The Labute approximate surface area is 130 Å². The maximum atomic E-state index is 12.8. The van der Waals surface area contributed by atoms with Crippen LogP contribution in [0.25, 0.3) is 10.1 Å². The molecule has 0 aliphatic rings. The summed E-state index contributed by atoms with van der Waals surface area (Å²) in [4.78, 5) is 1.12. The largest absolute Gasteiger partial charge is 0.335 e. The minimum Gasteiger partial charge on any atom is -0.309 e. The van der Waals surface area contributed by atoms with Gasteiger partial charge in [0.2, 0.25) is 0 Å².